The average molecular weight is 171 g/mol. The van der Waals surface area contributed by atoms with Crippen LogP contribution in [0.1, 0.15) is 33.1 Å². The van der Waals surface area contributed by atoms with Crippen LogP contribution in [0, 0.1) is 0 Å². The number of hydrogen-bond acceptors (Lipinski definition) is 1. The minimum atomic E-state index is -0.534. The molecule has 1 fully saturated rings. The molecule has 1 rings (SSSR count). The van der Waals surface area contributed by atoms with Gasteiger partial charge in [0.1, 0.15) is 8.96 Å². The van der Waals surface area contributed by atoms with E-state index in [0.717, 1.165) is 12.1 Å². The standard InChI is InChI=1S/C9H21NSi/c1-8-6-5-7-9(2)10(8)11(3)4/h8-9,11H,5-7H2,1-4H3. The monoisotopic (exact) mass is 171 g/mol. The molecular formula is C9H21NSi. The van der Waals surface area contributed by atoms with Crippen LogP contribution in [0.15, 0.2) is 0 Å². The van der Waals surface area contributed by atoms with Gasteiger partial charge in [0.2, 0.25) is 0 Å². The lowest BCUT2D eigenvalue weighted by molar-refractivity contribution is 0.201. The first-order chi connectivity index (χ1) is 5.13. The van der Waals surface area contributed by atoms with Crippen molar-refractivity contribution in [1.82, 2.24) is 4.57 Å². The third-order valence-corrected chi connectivity index (χ3v) is 5.07. The Kier molecular flexibility index (Phi) is 3.13. The van der Waals surface area contributed by atoms with Gasteiger partial charge in [0.05, 0.1) is 0 Å². The number of piperidine rings is 1. The molecule has 11 heavy (non-hydrogen) atoms. The SMILES string of the molecule is CC1CCCC(C)N1[SiH](C)C. The highest BCUT2D eigenvalue weighted by molar-refractivity contribution is 6.52. The van der Waals surface area contributed by atoms with Crippen molar-refractivity contribution in [2.45, 2.75) is 58.3 Å². The van der Waals surface area contributed by atoms with E-state index in [1.807, 2.05) is 0 Å². The highest BCUT2D eigenvalue weighted by Crippen LogP contribution is 2.23. The van der Waals surface area contributed by atoms with Crippen LogP contribution in [0.5, 0.6) is 0 Å². The normalized spacial score (nSPS) is 34.6. The van der Waals surface area contributed by atoms with Crippen molar-refractivity contribution < 1.29 is 0 Å². The molecule has 2 heteroatoms. The maximum absolute atomic E-state index is 2.78. The summed E-state index contributed by atoms with van der Waals surface area (Å²) in [5.41, 5.74) is 0. The van der Waals surface area contributed by atoms with E-state index in [2.05, 4.69) is 31.5 Å². The summed E-state index contributed by atoms with van der Waals surface area (Å²) in [4.78, 5) is 0. The fourth-order valence-electron chi connectivity index (χ4n) is 2.46. The Hall–Kier alpha value is 0.177. The van der Waals surface area contributed by atoms with Crippen LogP contribution >= 0.6 is 0 Å². The molecule has 1 saturated heterocycles. The maximum atomic E-state index is 2.78. The largest absolute Gasteiger partial charge is 0.322 e. The van der Waals surface area contributed by atoms with Crippen LogP contribution in [-0.4, -0.2) is 25.6 Å². The van der Waals surface area contributed by atoms with Crippen molar-refractivity contribution >= 4 is 8.96 Å². The van der Waals surface area contributed by atoms with E-state index in [9.17, 15) is 0 Å². The van der Waals surface area contributed by atoms with E-state index in [1.165, 1.54) is 19.3 Å². The summed E-state index contributed by atoms with van der Waals surface area (Å²) in [7, 11) is -0.534. The molecule has 0 aromatic heterocycles. The molecular weight excluding hydrogens is 150 g/mol. The van der Waals surface area contributed by atoms with Gasteiger partial charge in [-0.05, 0) is 12.8 Å². The second-order valence-electron chi connectivity index (χ2n) is 4.17. The number of nitrogens with zero attached hydrogens (tertiary/aromatic N) is 1. The topological polar surface area (TPSA) is 3.24 Å². The highest BCUT2D eigenvalue weighted by Gasteiger charge is 2.26. The molecule has 1 aliphatic heterocycles. The molecule has 0 aromatic rings. The molecule has 0 amide bonds. The summed E-state index contributed by atoms with van der Waals surface area (Å²) in [6.45, 7) is 9.67. The fraction of sp³-hybridized carbons (Fsp3) is 1.00. The summed E-state index contributed by atoms with van der Waals surface area (Å²) in [5.74, 6) is 0. The average Bonchev–Trinajstić information content (AvgIpc) is 1.85. The van der Waals surface area contributed by atoms with Crippen LogP contribution < -0.4 is 0 Å². The lowest BCUT2D eigenvalue weighted by Crippen LogP contribution is -2.49. The van der Waals surface area contributed by atoms with E-state index in [4.69, 9.17) is 0 Å². The second kappa shape index (κ2) is 3.72. The Balaban J connectivity index is 2.55. The van der Waals surface area contributed by atoms with Gasteiger partial charge >= 0.3 is 0 Å². The molecule has 0 spiro atoms. The number of hydrogen-bond donors (Lipinski definition) is 0. The Morgan fingerprint density at radius 1 is 1.09 bits per heavy atom. The van der Waals surface area contributed by atoms with Crippen LogP contribution in [-0.2, 0) is 0 Å². The summed E-state index contributed by atoms with van der Waals surface area (Å²) < 4.78 is 2.78. The van der Waals surface area contributed by atoms with Crippen molar-refractivity contribution in [1.29, 1.82) is 0 Å². The molecule has 0 radical (unpaired) electrons. The van der Waals surface area contributed by atoms with Crippen molar-refractivity contribution in [2.24, 2.45) is 0 Å². The van der Waals surface area contributed by atoms with Gasteiger partial charge in [-0.3, -0.25) is 0 Å². The highest BCUT2D eigenvalue weighted by atomic mass is 28.3. The van der Waals surface area contributed by atoms with E-state index in [1.54, 1.807) is 0 Å². The van der Waals surface area contributed by atoms with Gasteiger partial charge in [0.15, 0.2) is 0 Å². The van der Waals surface area contributed by atoms with Crippen molar-refractivity contribution in [3.8, 4) is 0 Å². The smallest absolute Gasteiger partial charge is 0.106 e. The van der Waals surface area contributed by atoms with Gasteiger partial charge in [-0.2, -0.15) is 0 Å². The first-order valence-corrected chi connectivity index (χ1v) is 7.73. The van der Waals surface area contributed by atoms with Crippen molar-refractivity contribution in [3.63, 3.8) is 0 Å². The molecule has 0 bridgehead atoms. The summed E-state index contributed by atoms with van der Waals surface area (Å²) in [5, 5.41) is 0. The van der Waals surface area contributed by atoms with Gasteiger partial charge in [-0.1, -0.05) is 33.4 Å². The second-order valence-corrected chi connectivity index (χ2v) is 6.95. The van der Waals surface area contributed by atoms with E-state index in [0.29, 0.717) is 0 Å². The lowest BCUT2D eigenvalue weighted by atomic mass is 10.0. The maximum Gasteiger partial charge on any atom is 0.106 e. The van der Waals surface area contributed by atoms with E-state index in [-0.39, 0.29) is 0 Å². The van der Waals surface area contributed by atoms with Crippen LogP contribution in [0.25, 0.3) is 0 Å². The van der Waals surface area contributed by atoms with Crippen LogP contribution in [0.4, 0.5) is 0 Å². The Morgan fingerprint density at radius 3 is 1.82 bits per heavy atom. The first kappa shape index (κ1) is 9.27. The fourth-order valence-corrected chi connectivity index (χ4v) is 4.79. The Labute approximate surface area is 72.5 Å². The zero-order chi connectivity index (χ0) is 8.43. The molecule has 1 nitrogen and oxygen atoms in total. The Morgan fingerprint density at radius 2 is 1.55 bits per heavy atom. The third-order valence-electron chi connectivity index (χ3n) is 2.86. The first-order valence-electron chi connectivity index (χ1n) is 4.90. The minimum Gasteiger partial charge on any atom is -0.322 e. The molecule has 1 aliphatic rings. The van der Waals surface area contributed by atoms with Crippen molar-refractivity contribution in [3.05, 3.63) is 0 Å². The van der Waals surface area contributed by atoms with Gasteiger partial charge < -0.3 is 4.57 Å². The zero-order valence-electron chi connectivity index (χ0n) is 8.30. The number of rotatable bonds is 1. The summed E-state index contributed by atoms with van der Waals surface area (Å²) in [6, 6.07) is 1.73. The minimum absolute atomic E-state index is 0.534. The molecule has 1 heterocycles. The summed E-state index contributed by atoms with van der Waals surface area (Å²) in [6.07, 6.45) is 4.30. The molecule has 0 saturated carbocycles. The molecule has 66 valence electrons. The molecule has 0 aliphatic carbocycles. The van der Waals surface area contributed by atoms with Gasteiger partial charge in [-0.25, -0.2) is 0 Å². The Bertz CT molecular complexity index is 115. The molecule has 2 unspecified atom stereocenters. The van der Waals surface area contributed by atoms with Crippen LogP contribution in [0.2, 0.25) is 13.1 Å². The van der Waals surface area contributed by atoms with E-state index >= 15 is 0 Å². The molecule has 0 N–H and O–H groups in total. The zero-order valence-corrected chi connectivity index (χ0v) is 9.46. The molecule has 2 atom stereocenters. The molecule has 0 aromatic carbocycles. The third kappa shape index (κ3) is 2.06. The van der Waals surface area contributed by atoms with Crippen LogP contribution in [0.3, 0.4) is 0 Å². The van der Waals surface area contributed by atoms with Gasteiger partial charge in [0, 0.05) is 12.1 Å². The van der Waals surface area contributed by atoms with E-state index < -0.39 is 8.96 Å². The predicted octanol–water partition coefficient (Wildman–Crippen LogP) is 2.23. The lowest BCUT2D eigenvalue weighted by Gasteiger charge is -2.41. The van der Waals surface area contributed by atoms with Gasteiger partial charge in [0.25, 0.3) is 0 Å². The van der Waals surface area contributed by atoms with Crippen molar-refractivity contribution in [2.75, 3.05) is 0 Å². The predicted molar refractivity (Wildman–Crippen MR) is 53.5 cm³/mol. The summed E-state index contributed by atoms with van der Waals surface area (Å²) >= 11 is 0. The quantitative estimate of drug-likeness (QED) is 0.547. The van der Waals surface area contributed by atoms with Gasteiger partial charge in [-0.15, -0.1) is 0 Å².